The lowest BCUT2D eigenvalue weighted by Gasteiger charge is -2.17. The van der Waals surface area contributed by atoms with Crippen LogP contribution in [0.3, 0.4) is 0 Å². The van der Waals surface area contributed by atoms with Gasteiger partial charge in [-0.3, -0.25) is 4.79 Å². The maximum atomic E-state index is 11.4. The van der Waals surface area contributed by atoms with Gasteiger partial charge in [0.15, 0.2) is 0 Å². The van der Waals surface area contributed by atoms with E-state index in [1.54, 1.807) is 7.11 Å². The van der Waals surface area contributed by atoms with E-state index in [-0.39, 0.29) is 5.92 Å². The van der Waals surface area contributed by atoms with Crippen molar-refractivity contribution in [1.29, 1.82) is 0 Å². The van der Waals surface area contributed by atoms with Crippen LogP contribution in [0.1, 0.15) is 43.6 Å². The minimum absolute atomic E-state index is 0.376. The minimum Gasteiger partial charge on any atom is -0.497 e. The molecule has 0 saturated heterocycles. The van der Waals surface area contributed by atoms with Crippen LogP contribution >= 0.6 is 0 Å². The monoisotopic (exact) mass is 248 g/mol. The SMILES string of the molecule is COc1ccc([C@@H](CC2CCCC2)C(=O)O)cc1. The summed E-state index contributed by atoms with van der Waals surface area (Å²) in [4.78, 5) is 11.4. The molecule has 0 spiro atoms. The van der Waals surface area contributed by atoms with Crippen molar-refractivity contribution in [3.63, 3.8) is 0 Å². The van der Waals surface area contributed by atoms with E-state index in [9.17, 15) is 9.90 Å². The predicted molar refractivity (Wildman–Crippen MR) is 69.9 cm³/mol. The lowest BCUT2D eigenvalue weighted by Crippen LogP contribution is -2.15. The number of carbonyl (C=O) groups is 1. The van der Waals surface area contributed by atoms with E-state index in [4.69, 9.17) is 4.74 Å². The first-order chi connectivity index (χ1) is 8.70. The molecule has 1 atom stereocenters. The normalized spacial score (nSPS) is 17.6. The highest BCUT2D eigenvalue weighted by molar-refractivity contribution is 5.76. The Bertz CT molecular complexity index is 391. The molecular formula is C15H20O3. The Kier molecular flexibility index (Phi) is 4.24. The molecule has 1 aliphatic carbocycles. The van der Waals surface area contributed by atoms with Gasteiger partial charge in [0.2, 0.25) is 0 Å². The third-order valence-corrected chi connectivity index (χ3v) is 3.86. The zero-order valence-corrected chi connectivity index (χ0v) is 10.8. The van der Waals surface area contributed by atoms with Crippen LogP contribution in [0.5, 0.6) is 5.75 Å². The van der Waals surface area contributed by atoms with Gasteiger partial charge in [-0.2, -0.15) is 0 Å². The molecule has 18 heavy (non-hydrogen) atoms. The highest BCUT2D eigenvalue weighted by Crippen LogP contribution is 2.34. The number of ether oxygens (including phenoxy) is 1. The Hall–Kier alpha value is -1.51. The summed E-state index contributed by atoms with van der Waals surface area (Å²) in [6, 6.07) is 7.40. The van der Waals surface area contributed by atoms with Crippen LogP contribution in [0.4, 0.5) is 0 Å². The number of hydrogen-bond donors (Lipinski definition) is 1. The number of aliphatic carboxylic acids is 1. The number of benzene rings is 1. The summed E-state index contributed by atoms with van der Waals surface area (Å²) in [6.45, 7) is 0. The number of hydrogen-bond acceptors (Lipinski definition) is 2. The summed E-state index contributed by atoms with van der Waals surface area (Å²) >= 11 is 0. The maximum absolute atomic E-state index is 11.4. The molecule has 1 aliphatic rings. The Morgan fingerprint density at radius 3 is 2.44 bits per heavy atom. The van der Waals surface area contributed by atoms with E-state index in [0.29, 0.717) is 5.92 Å². The van der Waals surface area contributed by atoms with Gasteiger partial charge in [-0.25, -0.2) is 0 Å². The molecule has 1 N–H and O–H groups in total. The van der Waals surface area contributed by atoms with Crippen LogP contribution in [0.2, 0.25) is 0 Å². The zero-order valence-electron chi connectivity index (χ0n) is 10.8. The average molecular weight is 248 g/mol. The van der Waals surface area contributed by atoms with Crippen LogP contribution in [0.25, 0.3) is 0 Å². The van der Waals surface area contributed by atoms with E-state index in [1.165, 1.54) is 25.7 Å². The van der Waals surface area contributed by atoms with Crippen LogP contribution in [-0.2, 0) is 4.79 Å². The van der Waals surface area contributed by atoms with Gasteiger partial charge in [-0.05, 0) is 30.0 Å². The largest absolute Gasteiger partial charge is 0.497 e. The van der Waals surface area contributed by atoms with E-state index in [0.717, 1.165) is 17.7 Å². The molecule has 1 saturated carbocycles. The van der Waals surface area contributed by atoms with E-state index in [1.807, 2.05) is 24.3 Å². The van der Waals surface area contributed by atoms with Crippen molar-refractivity contribution in [3.05, 3.63) is 29.8 Å². The van der Waals surface area contributed by atoms with Crippen LogP contribution in [-0.4, -0.2) is 18.2 Å². The van der Waals surface area contributed by atoms with Crippen molar-refractivity contribution >= 4 is 5.97 Å². The van der Waals surface area contributed by atoms with Crippen molar-refractivity contribution < 1.29 is 14.6 Å². The summed E-state index contributed by atoms with van der Waals surface area (Å²) < 4.78 is 5.10. The Balaban J connectivity index is 2.10. The molecule has 0 aliphatic heterocycles. The lowest BCUT2D eigenvalue weighted by molar-refractivity contribution is -0.139. The summed E-state index contributed by atoms with van der Waals surface area (Å²) in [6.07, 6.45) is 5.63. The fraction of sp³-hybridized carbons (Fsp3) is 0.533. The molecule has 0 aromatic heterocycles. The van der Waals surface area contributed by atoms with E-state index < -0.39 is 5.97 Å². The fourth-order valence-electron chi connectivity index (χ4n) is 2.80. The fourth-order valence-corrected chi connectivity index (χ4v) is 2.80. The molecule has 0 bridgehead atoms. The van der Waals surface area contributed by atoms with Crippen LogP contribution in [0, 0.1) is 5.92 Å². The molecule has 98 valence electrons. The number of carboxylic acid groups (broad SMARTS) is 1. The first-order valence-electron chi connectivity index (χ1n) is 6.57. The van der Waals surface area contributed by atoms with Crippen molar-refractivity contribution in [1.82, 2.24) is 0 Å². The molecule has 0 heterocycles. The average Bonchev–Trinajstić information content (AvgIpc) is 2.89. The topological polar surface area (TPSA) is 46.5 Å². The van der Waals surface area contributed by atoms with Gasteiger partial charge in [0, 0.05) is 0 Å². The number of carboxylic acids is 1. The molecule has 1 aromatic rings. The Morgan fingerprint density at radius 1 is 1.33 bits per heavy atom. The third kappa shape index (κ3) is 3.03. The number of rotatable bonds is 5. The second-order valence-corrected chi connectivity index (χ2v) is 5.05. The minimum atomic E-state index is -0.716. The van der Waals surface area contributed by atoms with Crippen molar-refractivity contribution in [2.24, 2.45) is 5.92 Å². The highest BCUT2D eigenvalue weighted by atomic mass is 16.5. The number of methoxy groups -OCH3 is 1. The first kappa shape index (κ1) is 12.9. The molecule has 1 aromatic carbocycles. The van der Waals surface area contributed by atoms with Gasteiger partial charge in [-0.15, -0.1) is 0 Å². The van der Waals surface area contributed by atoms with E-state index in [2.05, 4.69) is 0 Å². The van der Waals surface area contributed by atoms with Gasteiger partial charge in [0.1, 0.15) is 5.75 Å². The van der Waals surface area contributed by atoms with Crippen molar-refractivity contribution in [3.8, 4) is 5.75 Å². The molecular weight excluding hydrogens is 228 g/mol. The third-order valence-electron chi connectivity index (χ3n) is 3.86. The second-order valence-electron chi connectivity index (χ2n) is 5.05. The maximum Gasteiger partial charge on any atom is 0.310 e. The first-order valence-corrected chi connectivity index (χ1v) is 6.57. The molecule has 0 radical (unpaired) electrons. The zero-order chi connectivity index (χ0) is 13.0. The summed E-state index contributed by atoms with van der Waals surface area (Å²) in [5.41, 5.74) is 0.884. The van der Waals surface area contributed by atoms with Gasteiger partial charge in [0.25, 0.3) is 0 Å². The van der Waals surface area contributed by atoms with Gasteiger partial charge < -0.3 is 9.84 Å². The molecule has 0 unspecified atom stereocenters. The Labute approximate surface area is 108 Å². The predicted octanol–water partition coefficient (Wildman–Crippen LogP) is 3.44. The summed E-state index contributed by atoms with van der Waals surface area (Å²) in [5, 5.41) is 9.38. The Morgan fingerprint density at radius 2 is 1.94 bits per heavy atom. The van der Waals surface area contributed by atoms with Crippen molar-refractivity contribution in [2.75, 3.05) is 7.11 Å². The second kappa shape index (κ2) is 5.89. The standard InChI is InChI=1S/C15H20O3/c1-18-13-8-6-12(7-9-13)14(15(16)17)10-11-4-2-3-5-11/h6-9,11,14H,2-5,10H2,1H3,(H,16,17)/t14-/m1/s1. The molecule has 1 fully saturated rings. The van der Waals surface area contributed by atoms with Gasteiger partial charge in [0.05, 0.1) is 13.0 Å². The summed E-state index contributed by atoms with van der Waals surface area (Å²) in [5.74, 6) is 0.253. The highest BCUT2D eigenvalue weighted by Gasteiger charge is 2.26. The van der Waals surface area contributed by atoms with Gasteiger partial charge in [-0.1, -0.05) is 37.8 Å². The van der Waals surface area contributed by atoms with Crippen LogP contribution in [0.15, 0.2) is 24.3 Å². The van der Waals surface area contributed by atoms with Gasteiger partial charge >= 0.3 is 5.97 Å². The molecule has 3 nitrogen and oxygen atoms in total. The smallest absolute Gasteiger partial charge is 0.310 e. The van der Waals surface area contributed by atoms with Crippen LogP contribution < -0.4 is 4.74 Å². The molecule has 3 heteroatoms. The quantitative estimate of drug-likeness (QED) is 0.868. The summed E-state index contributed by atoms with van der Waals surface area (Å²) in [7, 11) is 1.61. The lowest BCUT2D eigenvalue weighted by atomic mass is 9.88. The van der Waals surface area contributed by atoms with Crippen molar-refractivity contribution in [2.45, 2.75) is 38.0 Å². The molecule has 0 amide bonds. The van der Waals surface area contributed by atoms with E-state index >= 15 is 0 Å². The molecule has 2 rings (SSSR count).